The minimum Gasteiger partial charge on any atom is -0.497 e. The van der Waals surface area contributed by atoms with Gasteiger partial charge in [0.05, 0.1) is 30.6 Å². The minimum atomic E-state index is -0.150. The molecule has 36 heavy (non-hydrogen) atoms. The quantitative estimate of drug-likeness (QED) is 0.251. The highest BCUT2D eigenvalue weighted by Crippen LogP contribution is 2.33. The van der Waals surface area contributed by atoms with Crippen LogP contribution in [0.4, 0.5) is 0 Å². The number of ether oxygens (including phenoxy) is 2. The van der Waals surface area contributed by atoms with E-state index in [9.17, 15) is 4.79 Å². The molecule has 0 N–H and O–H groups in total. The molecule has 0 aliphatic carbocycles. The van der Waals surface area contributed by atoms with E-state index in [0.717, 1.165) is 28.3 Å². The molecule has 4 rings (SSSR count). The van der Waals surface area contributed by atoms with Crippen molar-refractivity contribution in [1.29, 1.82) is 0 Å². The second kappa shape index (κ2) is 11.3. The third-order valence-electron chi connectivity index (χ3n) is 5.83. The van der Waals surface area contributed by atoms with Gasteiger partial charge in [0.25, 0.3) is 0 Å². The van der Waals surface area contributed by atoms with Gasteiger partial charge in [-0.1, -0.05) is 61.8 Å². The average Bonchev–Trinajstić information content (AvgIpc) is 3.18. The van der Waals surface area contributed by atoms with Gasteiger partial charge in [-0.3, -0.25) is 4.79 Å². The number of carbonyl (C=O) groups is 1. The van der Waals surface area contributed by atoms with Gasteiger partial charge in [0.1, 0.15) is 11.5 Å². The number of hydrogen-bond donors (Lipinski definition) is 0. The van der Waals surface area contributed by atoms with E-state index in [4.69, 9.17) is 26.2 Å². The van der Waals surface area contributed by atoms with Gasteiger partial charge in [0.15, 0.2) is 0 Å². The number of nitrogens with zero attached hydrogens (tertiary/aromatic N) is 3. The van der Waals surface area contributed by atoms with Crippen molar-refractivity contribution in [3.63, 3.8) is 0 Å². The Morgan fingerprint density at radius 1 is 0.972 bits per heavy atom. The second-order valence-corrected chi connectivity index (χ2v) is 9.31. The molecule has 0 spiro atoms. The lowest BCUT2D eigenvalue weighted by Crippen LogP contribution is -2.33. The molecule has 1 heterocycles. The van der Waals surface area contributed by atoms with Gasteiger partial charge in [-0.15, -0.1) is 0 Å². The summed E-state index contributed by atoms with van der Waals surface area (Å²) in [6.07, 6.45) is 0. The van der Waals surface area contributed by atoms with E-state index in [1.807, 2.05) is 105 Å². The van der Waals surface area contributed by atoms with Crippen LogP contribution in [0.5, 0.6) is 17.4 Å². The maximum Gasteiger partial charge on any atom is 0.227 e. The fraction of sp³-hybridized carbons (Fsp3) is 0.241. The van der Waals surface area contributed by atoms with Crippen LogP contribution in [0.25, 0.3) is 5.69 Å². The van der Waals surface area contributed by atoms with Crippen molar-refractivity contribution in [3.8, 4) is 23.1 Å². The zero-order valence-corrected chi connectivity index (χ0v) is 21.7. The van der Waals surface area contributed by atoms with Crippen LogP contribution in [-0.4, -0.2) is 27.7 Å². The predicted octanol–water partition coefficient (Wildman–Crippen LogP) is 6.82. The first kappa shape index (κ1) is 25.3. The van der Waals surface area contributed by atoms with Gasteiger partial charge in [0, 0.05) is 17.5 Å². The fourth-order valence-electron chi connectivity index (χ4n) is 3.94. The van der Waals surface area contributed by atoms with E-state index in [1.54, 1.807) is 11.8 Å². The van der Waals surface area contributed by atoms with Crippen LogP contribution in [-0.2, 0) is 17.9 Å². The van der Waals surface area contributed by atoms with E-state index in [-0.39, 0.29) is 11.8 Å². The van der Waals surface area contributed by atoms with Crippen LogP contribution >= 0.6 is 11.6 Å². The third-order valence-corrected chi connectivity index (χ3v) is 6.07. The second-order valence-electron chi connectivity index (χ2n) is 8.87. The molecule has 0 fully saturated rings. The van der Waals surface area contributed by atoms with Crippen LogP contribution in [0.2, 0.25) is 5.02 Å². The molecule has 186 valence electrons. The molecular weight excluding hydrogens is 474 g/mol. The van der Waals surface area contributed by atoms with Crippen molar-refractivity contribution < 1.29 is 14.3 Å². The molecule has 1 aromatic heterocycles. The summed E-state index contributed by atoms with van der Waals surface area (Å²) >= 11 is 6.29. The number of carbonyl (C=O) groups excluding carboxylic acids is 1. The summed E-state index contributed by atoms with van der Waals surface area (Å²) in [5, 5.41) is 5.38. The highest BCUT2D eigenvalue weighted by atomic mass is 35.5. The van der Waals surface area contributed by atoms with Crippen LogP contribution in [0.3, 0.4) is 0 Å². The van der Waals surface area contributed by atoms with Gasteiger partial charge in [0.2, 0.25) is 11.8 Å². The van der Waals surface area contributed by atoms with Crippen molar-refractivity contribution in [2.75, 3.05) is 7.11 Å². The zero-order chi connectivity index (χ0) is 25.7. The number of benzene rings is 3. The first-order valence-corrected chi connectivity index (χ1v) is 12.2. The van der Waals surface area contributed by atoms with E-state index in [1.165, 1.54) is 0 Å². The Hall–Kier alpha value is -3.77. The van der Waals surface area contributed by atoms with Crippen molar-refractivity contribution >= 4 is 17.5 Å². The summed E-state index contributed by atoms with van der Waals surface area (Å²) in [6, 6.07) is 24.8. The van der Waals surface area contributed by atoms with Gasteiger partial charge >= 0.3 is 0 Å². The lowest BCUT2D eigenvalue weighted by atomic mass is 10.1. The molecule has 0 bridgehead atoms. The molecular formula is C29H30ClN3O3. The Balaban J connectivity index is 1.77. The summed E-state index contributed by atoms with van der Waals surface area (Å²) < 4.78 is 13.4. The molecule has 0 saturated heterocycles. The molecule has 0 radical (unpaired) electrons. The van der Waals surface area contributed by atoms with E-state index >= 15 is 0 Å². The van der Waals surface area contributed by atoms with E-state index in [2.05, 4.69) is 0 Å². The lowest BCUT2D eigenvalue weighted by molar-refractivity contribution is -0.135. The highest BCUT2D eigenvalue weighted by Gasteiger charge is 2.25. The van der Waals surface area contributed by atoms with Crippen molar-refractivity contribution in [2.24, 2.45) is 5.92 Å². The van der Waals surface area contributed by atoms with Gasteiger partial charge in [-0.05, 0) is 55.0 Å². The maximum atomic E-state index is 13.3. The molecule has 6 nitrogen and oxygen atoms in total. The summed E-state index contributed by atoms with van der Waals surface area (Å²) in [4.78, 5) is 15.1. The summed E-state index contributed by atoms with van der Waals surface area (Å²) in [7, 11) is 1.62. The van der Waals surface area contributed by atoms with Gasteiger partial charge in [-0.2, -0.15) is 5.10 Å². The number of hydrogen-bond acceptors (Lipinski definition) is 4. The Morgan fingerprint density at radius 2 is 1.67 bits per heavy atom. The van der Waals surface area contributed by atoms with Gasteiger partial charge < -0.3 is 14.4 Å². The number of methoxy groups -OCH3 is 1. The normalized spacial score (nSPS) is 10.9. The van der Waals surface area contributed by atoms with Crippen LogP contribution in [0.15, 0.2) is 78.9 Å². The molecule has 0 aliphatic heterocycles. The smallest absolute Gasteiger partial charge is 0.227 e. The van der Waals surface area contributed by atoms with Crippen molar-refractivity contribution in [2.45, 2.75) is 33.9 Å². The monoisotopic (exact) mass is 503 g/mol. The van der Waals surface area contributed by atoms with Crippen molar-refractivity contribution in [1.82, 2.24) is 14.7 Å². The van der Waals surface area contributed by atoms with E-state index in [0.29, 0.717) is 29.7 Å². The Labute approximate surface area is 217 Å². The standard InChI is InChI=1S/C29H30ClN3O3/c1-20(2)28(34)32(18-22-9-6-5-7-10-22)19-27-21(3)31-33(24-12-8-11-23(30)17-24)29(27)36-26-15-13-25(35-4)14-16-26/h5-17,20H,18-19H2,1-4H3. The molecule has 0 aliphatic rings. The van der Waals surface area contributed by atoms with Gasteiger partial charge in [-0.25, -0.2) is 4.68 Å². The Morgan fingerprint density at radius 3 is 2.31 bits per heavy atom. The molecule has 4 aromatic rings. The number of halogens is 1. The number of aromatic nitrogens is 2. The first-order chi connectivity index (χ1) is 17.4. The Kier molecular flexibility index (Phi) is 7.96. The van der Waals surface area contributed by atoms with Crippen LogP contribution in [0, 0.1) is 12.8 Å². The maximum absolute atomic E-state index is 13.3. The molecule has 1 amide bonds. The number of rotatable bonds is 9. The fourth-order valence-corrected chi connectivity index (χ4v) is 4.12. The lowest BCUT2D eigenvalue weighted by Gasteiger charge is -2.25. The number of amides is 1. The summed E-state index contributed by atoms with van der Waals surface area (Å²) in [5.41, 5.74) is 3.43. The zero-order valence-electron chi connectivity index (χ0n) is 20.9. The minimum absolute atomic E-state index is 0.0594. The van der Waals surface area contributed by atoms with E-state index < -0.39 is 0 Å². The van der Waals surface area contributed by atoms with Crippen LogP contribution in [0.1, 0.15) is 30.7 Å². The Bertz CT molecular complexity index is 1320. The van der Waals surface area contributed by atoms with Crippen molar-refractivity contribution in [3.05, 3.63) is 101 Å². The molecule has 7 heteroatoms. The molecule has 0 unspecified atom stereocenters. The SMILES string of the molecule is COc1ccc(Oc2c(CN(Cc3ccccc3)C(=O)C(C)C)c(C)nn2-c2cccc(Cl)c2)cc1. The number of aryl methyl sites for hydroxylation is 1. The molecule has 3 aromatic carbocycles. The summed E-state index contributed by atoms with van der Waals surface area (Å²) in [6.45, 7) is 6.60. The molecule has 0 saturated carbocycles. The van der Waals surface area contributed by atoms with Crippen LogP contribution < -0.4 is 9.47 Å². The topological polar surface area (TPSA) is 56.6 Å². The predicted molar refractivity (Wildman–Crippen MR) is 142 cm³/mol. The average molecular weight is 504 g/mol. The highest BCUT2D eigenvalue weighted by molar-refractivity contribution is 6.30. The molecule has 0 atom stereocenters. The third kappa shape index (κ3) is 5.89. The summed E-state index contributed by atoms with van der Waals surface area (Å²) in [5.74, 6) is 1.81. The largest absolute Gasteiger partial charge is 0.497 e. The first-order valence-electron chi connectivity index (χ1n) is 11.8.